The van der Waals surface area contributed by atoms with Gasteiger partial charge in [-0.15, -0.1) is 11.3 Å². The molecule has 31 heavy (non-hydrogen) atoms. The van der Waals surface area contributed by atoms with Crippen LogP contribution in [-0.4, -0.2) is 29.3 Å². The number of amides is 1. The number of aromatic nitrogens is 2. The average Bonchev–Trinajstić information content (AvgIpc) is 3.27. The highest BCUT2D eigenvalue weighted by molar-refractivity contribution is 7.09. The summed E-state index contributed by atoms with van der Waals surface area (Å²) in [5.74, 6) is -1.00. The summed E-state index contributed by atoms with van der Waals surface area (Å²) in [6.45, 7) is 4.51. The molecule has 0 spiro atoms. The molecule has 2 aromatic heterocycles. The van der Waals surface area contributed by atoms with Crippen LogP contribution in [0.15, 0.2) is 58.8 Å². The molecule has 0 saturated carbocycles. The lowest BCUT2D eigenvalue weighted by atomic mass is 10.1. The smallest absolute Gasteiger partial charge is 0.412 e. The molecule has 0 aliphatic rings. The van der Waals surface area contributed by atoms with E-state index in [0.29, 0.717) is 19.6 Å². The van der Waals surface area contributed by atoms with Crippen LogP contribution in [0.2, 0.25) is 0 Å². The van der Waals surface area contributed by atoms with Gasteiger partial charge in [-0.2, -0.15) is 0 Å². The summed E-state index contributed by atoms with van der Waals surface area (Å²) < 4.78 is 17.0. The summed E-state index contributed by atoms with van der Waals surface area (Å²) in [4.78, 5) is 32.8. The van der Waals surface area contributed by atoms with Gasteiger partial charge in [0.15, 0.2) is 5.82 Å². The van der Waals surface area contributed by atoms with Crippen molar-refractivity contribution in [1.82, 2.24) is 9.97 Å². The van der Waals surface area contributed by atoms with Crippen LogP contribution in [0.3, 0.4) is 0 Å². The average molecular weight is 444 g/mol. The zero-order valence-corrected chi connectivity index (χ0v) is 18.2. The van der Waals surface area contributed by atoms with Gasteiger partial charge >= 0.3 is 6.09 Å². The molecule has 0 unspecified atom stereocenters. The van der Waals surface area contributed by atoms with Crippen molar-refractivity contribution in [3.05, 3.63) is 80.7 Å². The standard InChI is InChI=1S/C22H25N3O5S/c1-3-29-22(30-4-2,13-17-11-8-12-31-17)20-23-14-18(19(26)25-20)24-21(27)28-15-16-9-6-5-7-10-16/h5-12,14H,3-4,13,15H2,1-2H3,(H,24,27)(H,23,25,26). The predicted molar refractivity (Wildman–Crippen MR) is 118 cm³/mol. The maximum atomic E-state index is 12.6. The van der Waals surface area contributed by atoms with E-state index in [9.17, 15) is 9.59 Å². The maximum absolute atomic E-state index is 12.6. The zero-order chi connectivity index (χ0) is 22.1. The van der Waals surface area contributed by atoms with Crippen molar-refractivity contribution in [2.75, 3.05) is 18.5 Å². The molecular weight excluding hydrogens is 418 g/mol. The second kappa shape index (κ2) is 10.9. The molecule has 2 N–H and O–H groups in total. The lowest BCUT2D eigenvalue weighted by molar-refractivity contribution is -0.246. The first-order chi connectivity index (χ1) is 15.1. The van der Waals surface area contributed by atoms with Crippen LogP contribution in [0.4, 0.5) is 10.5 Å². The van der Waals surface area contributed by atoms with Crippen molar-refractivity contribution in [2.24, 2.45) is 0 Å². The van der Waals surface area contributed by atoms with Crippen LogP contribution in [-0.2, 0) is 33.0 Å². The topological polar surface area (TPSA) is 103 Å². The Morgan fingerprint density at radius 3 is 2.48 bits per heavy atom. The number of nitrogens with zero attached hydrogens (tertiary/aromatic N) is 1. The molecule has 164 valence electrons. The molecule has 1 aromatic carbocycles. The van der Waals surface area contributed by atoms with Crippen LogP contribution in [0.1, 0.15) is 30.1 Å². The van der Waals surface area contributed by atoms with Crippen LogP contribution in [0, 0.1) is 0 Å². The molecule has 0 bridgehead atoms. The fourth-order valence-electron chi connectivity index (χ4n) is 3.02. The Hall–Kier alpha value is -3.01. The van der Waals surface area contributed by atoms with Gasteiger partial charge in [-0.3, -0.25) is 10.1 Å². The van der Waals surface area contributed by atoms with E-state index in [-0.39, 0.29) is 18.1 Å². The Bertz CT molecular complexity index is 1020. The molecule has 0 fully saturated rings. The highest BCUT2D eigenvalue weighted by atomic mass is 32.1. The van der Waals surface area contributed by atoms with Crippen LogP contribution in [0.5, 0.6) is 0 Å². The number of hydrogen-bond acceptors (Lipinski definition) is 7. The minimum Gasteiger partial charge on any atom is -0.444 e. The van der Waals surface area contributed by atoms with E-state index < -0.39 is 17.4 Å². The van der Waals surface area contributed by atoms with E-state index in [0.717, 1.165) is 10.4 Å². The SMILES string of the molecule is CCOC(Cc1cccs1)(OCC)c1ncc(NC(=O)OCc2ccccc2)c(=O)[nH]1. The molecule has 1 amide bonds. The molecule has 0 atom stereocenters. The van der Waals surface area contributed by atoms with Crippen molar-refractivity contribution >= 4 is 23.1 Å². The molecule has 0 radical (unpaired) electrons. The van der Waals surface area contributed by atoms with Crippen molar-refractivity contribution in [2.45, 2.75) is 32.7 Å². The van der Waals surface area contributed by atoms with Crippen molar-refractivity contribution in [1.29, 1.82) is 0 Å². The molecule has 3 rings (SSSR count). The first-order valence-electron chi connectivity index (χ1n) is 9.94. The number of nitrogens with one attached hydrogen (secondary N) is 2. The Kier molecular flexibility index (Phi) is 7.94. The third kappa shape index (κ3) is 6.00. The summed E-state index contributed by atoms with van der Waals surface area (Å²) in [7, 11) is 0. The number of aromatic amines is 1. The fraction of sp³-hybridized carbons (Fsp3) is 0.318. The summed E-state index contributed by atoms with van der Waals surface area (Å²) in [6.07, 6.45) is 0.920. The van der Waals surface area contributed by atoms with E-state index >= 15 is 0 Å². The van der Waals surface area contributed by atoms with Crippen molar-refractivity contribution < 1.29 is 19.0 Å². The molecule has 8 nitrogen and oxygen atoms in total. The van der Waals surface area contributed by atoms with Gasteiger partial charge in [-0.05, 0) is 30.9 Å². The molecule has 0 aliphatic heterocycles. The second-order valence-electron chi connectivity index (χ2n) is 6.54. The number of anilines is 1. The molecule has 0 saturated heterocycles. The largest absolute Gasteiger partial charge is 0.444 e. The van der Waals surface area contributed by atoms with Crippen LogP contribution >= 0.6 is 11.3 Å². The number of H-pyrrole nitrogens is 1. The van der Waals surface area contributed by atoms with Gasteiger partial charge in [0.1, 0.15) is 12.3 Å². The van der Waals surface area contributed by atoms with Gasteiger partial charge in [0.25, 0.3) is 5.56 Å². The van der Waals surface area contributed by atoms with E-state index in [2.05, 4.69) is 15.3 Å². The van der Waals surface area contributed by atoms with E-state index in [1.54, 1.807) is 11.3 Å². The minimum atomic E-state index is -1.24. The van der Waals surface area contributed by atoms with E-state index in [1.165, 1.54) is 6.20 Å². The van der Waals surface area contributed by atoms with Crippen LogP contribution < -0.4 is 10.9 Å². The fourth-order valence-corrected chi connectivity index (χ4v) is 3.78. The molecule has 0 aliphatic carbocycles. The minimum absolute atomic E-state index is 0.0279. The van der Waals surface area contributed by atoms with Crippen LogP contribution in [0.25, 0.3) is 0 Å². The molecule has 3 aromatic rings. The number of rotatable bonds is 10. The highest BCUT2D eigenvalue weighted by Gasteiger charge is 2.37. The van der Waals surface area contributed by atoms with Gasteiger partial charge in [0.2, 0.25) is 5.79 Å². The van der Waals surface area contributed by atoms with Gasteiger partial charge in [0.05, 0.1) is 6.20 Å². The highest BCUT2D eigenvalue weighted by Crippen LogP contribution is 2.30. The summed E-state index contributed by atoms with van der Waals surface area (Å²) in [5, 5.41) is 4.38. The Balaban J connectivity index is 1.76. The molecule has 2 heterocycles. The molecular formula is C22H25N3O5S. The second-order valence-corrected chi connectivity index (χ2v) is 7.57. The van der Waals surface area contributed by atoms with Gasteiger partial charge in [0, 0.05) is 24.5 Å². The number of carbonyl (C=O) groups is 1. The maximum Gasteiger partial charge on any atom is 0.412 e. The first kappa shape index (κ1) is 22.7. The van der Waals surface area contributed by atoms with E-state index in [4.69, 9.17) is 14.2 Å². The Morgan fingerprint density at radius 2 is 1.87 bits per heavy atom. The zero-order valence-electron chi connectivity index (χ0n) is 17.4. The number of thiophene rings is 1. The summed E-state index contributed by atoms with van der Waals surface area (Å²) in [6, 6.07) is 13.2. The Labute approximate surface area is 184 Å². The van der Waals surface area contributed by atoms with E-state index in [1.807, 2.05) is 61.7 Å². The van der Waals surface area contributed by atoms with Crippen molar-refractivity contribution in [3.63, 3.8) is 0 Å². The summed E-state index contributed by atoms with van der Waals surface area (Å²) >= 11 is 1.56. The Morgan fingerprint density at radius 1 is 1.13 bits per heavy atom. The van der Waals surface area contributed by atoms with Gasteiger partial charge < -0.3 is 19.2 Å². The lowest BCUT2D eigenvalue weighted by Gasteiger charge is -2.31. The third-order valence-corrected chi connectivity index (χ3v) is 5.23. The predicted octanol–water partition coefficient (Wildman–Crippen LogP) is 4.05. The molecule has 9 heteroatoms. The van der Waals surface area contributed by atoms with Gasteiger partial charge in [-0.1, -0.05) is 36.4 Å². The number of carbonyl (C=O) groups excluding carboxylic acids is 1. The quantitative estimate of drug-likeness (QED) is 0.458. The number of benzene rings is 1. The van der Waals surface area contributed by atoms with Crippen molar-refractivity contribution in [3.8, 4) is 0 Å². The monoisotopic (exact) mass is 443 g/mol. The first-order valence-corrected chi connectivity index (χ1v) is 10.8. The normalized spacial score (nSPS) is 11.3. The summed E-state index contributed by atoms with van der Waals surface area (Å²) in [5.41, 5.74) is 0.281. The lowest BCUT2D eigenvalue weighted by Crippen LogP contribution is -2.39. The third-order valence-electron chi connectivity index (χ3n) is 4.35. The number of hydrogen-bond donors (Lipinski definition) is 2. The van der Waals surface area contributed by atoms with Gasteiger partial charge in [-0.25, -0.2) is 9.78 Å². The number of ether oxygens (including phenoxy) is 3.